The van der Waals surface area contributed by atoms with Crippen LogP contribution in [-0.2, 0) is 0 Å². The van der Waals surface area contributed by atoms with Gasteiger partial charge in [-0.2, -0.15) is 5.10 Å². The van der Waals surface area contributed by atoms with Crippen LogP contribution in [0.4, 0.5) is 5.82 Å². The Morgan fingerprint density at radius 1 is 1.24 bits per heavy atom. The first-order valence-electron chi connectivity index (χ1n) is 5.01. The van der Waals surface area contributed by atoms with Gasteiger partial charge in [-0.3, -0.25) is 10.1 Å². The first kappa shape index (κ1) is 9.59. The van der Waals surface area contributed by atoms with Crippen molar-refractivity contribution in [1.29, 1.82) is 0 Å². The van der Waals surface area contributed by atoms with Gasteiger partial charge in [0.15, 0.2) is 11.6 Å². The quantitative estimate of drug-likeness (QED) is 0.695. The highest BCUT2D eigenvalue weighted by Crippen LogP contribution is 2.34. The van der Waals surface area contributed by atoms with Gasteiger partial charge in [0.1, 0.15) is 5.69 Å². The second kappa shape index (κ2) is 3.75. The predicted octanol–water partition coefficient (Wildman–Crippen LogP) is 1.71. The zero-order valence-electron chi connectivity index (χ0n) is 8.79. The third-order valence-corrected chi connectivity index (χ3v) is 2.41. The molecule has 0 unspecified atom stereocenters. The zero-order chi connectivity index (χ0) is 11.7. The van der Waals surface area contributed by atoms with Gasteiger partial charge in [-0.15, -0.1) is 0 Å². The molecule has 0 amide bonds. The summed E-state index contributed by atoms with van der Waals surface area (Å²) in [6, 6.07) is 5.52. The van der Waals surface area contributed by atoms with Crippen LogP contribution in [0.2, 0.25) is 0 Å². The van der Waals surface area contributed by atoms with E-state index in [2.05, 4.69) is 20.3 Å². The smallest absolute Gasteiger partial charge is 0.194 e. The number of nitrogens with one attached hydrogen (secondary N) is 1. The van der Waals surface area contributed by atoms with Crippen LogP contribution in [0.1, 0.15) is 0 Å². The van der Waals surface area contributed by atoms with Crippen molar-refractivity contribution in [3.63, 3.8) is 0 Å². The SMILES string of the molecule is Nc1noc(-c2ccn[nH]2)c1-c1cccnc1. The maximum absolute atomic E-state index is 5.81. The molecule has 0 aromatic carbocycles. The molecule has 0 aliphatic heterocycles. The van der Waals surface area contributed by atoms with Crippen molar-refractivity contribution >= 4 is 5.82 Å². The minimum Gasteiger partial charge on any atom is -0.380 e. The fourth-order valence-electron chi connectivity index (χ4n) is 1.66. The third kappa shape index (κ3) is 1.55. The lowest BCUT2D eigenvalue weighted by Crippen LogP contribution is -1.89. The van der Waals surface area contributed by atoms with Crippen molar-refractivity contribution < 1.29 is 4.52 Å². The highest BCUT2D eigenvalue weighted by Gasteiger charge is 2.18. The van der Waals surface area contributed by atoms with Crippen LogP contribution in [0.15, 0.2) is 41.3 Å². The summed E-state index contributed by atoms with van der Waals surface area (Å²) in [4.78, 5) is 4.05. The van der Waals surface area contributed by atoms with Crippen LogP contribution in [0.25, 0.3) is 22.6 Å². The van der Waals surface area contributed by atoms with E-state index in [4.69, 9.17) is 10.3 Å². The molecule has 84 valence electrons. The van der Waals surface area contributed by atoms with E-state index in [1.54, 1.807) is 24.7 Å². The molecular weight excluding hydrogens is 218 g/mol. The molecule has 0 saturated carbocycles. The van der Waals surface area contributed by atoms with Gasteiger partial charge in [0.25, 0.3) is 0 Å². The molecule has 6 heteroatoms. The summed E-state index contributed by atoms with van der Waals surface area (Å²) in [5.74, 6) is 0.899. The Kier molecular flexibility index (Phi) is 2.11. The van der Waals surface area contributed by atoms with Gasteiger partial charge in [-0.05, 0) is 12.1 Å². The van der Waals surface area contributed by atoms with Gasteiger partial charge in [0.05, 0.1) is 5.56 Å². The lowest BCUT2D eigenvalue weighted by Gasteiger charge is -1.99. The molecule has 0 bridgehead atoms. The minimum absolute atomic E-state index is 0.336. The van der Waals surface area contributed by atoms with Crippen molar-refractivity contribution in [3.05, 3.63) is 36.8 Å². The molecule has 0 aliphatic rings. The average Bonchev–Trinajstić information content (AvgIpc) is 2.98. The number of hydrogen-bond donors (Lipinski definition) is 2. The lowest BCUT2D eigenvalue weighted by molar-refractivity contribution is 0.434. The fourth-order valence-corrected chi connectivity index (χ4v) is 1.66. The molecule has 0 atom stereocenters. The molecule has 3 rings (SSSR count). The van der Waals surface area contributed by atoms with E-state index >= 15 is 0 Å². The number of nitrogens with two attached hydrogens (primary N) is 1. The van der Waals surface area contributed by atoms with Gasteiger partial charge >= 0.3 is 0 Å². The zero-order valence-corrected chi connectivity index (χ0v) is 8.79. The number of pyridine rings is 1. The van der Waals surface area contributed by atoms with Gasteiger partial charge in [-0.1, -0.05) is 11.2 Å². The maximum Gasteiger partial charge on any atom is 0.194 e. The Morgan fingerprint density at radius 2 is 2.18 bits per heavy atom. The van der Waals surface area contributed by atoms with E-state index in [0.29, 0.717) is 11.6 Å². The van der Waals surface area contributed by atoms with Gasteiger partial charge in [0.2, 0.25) is 0 Å². The number of aromatic amines is 1. The van der Waals surface area contributed by atoms with Gasteiger partial charge < -0.3 is 10.3 Å². The summed E-state index contributed by atoms with van der Waals surface area (Å²) in [7, 11) is 0. The number of aromatic nitrogens is 4. The van der Waals surface area contributed by atoms with Crippen molar-refractivity contribution in [2.24, 2.45) is 0 Å². The van der Waals surface area contributed by atoms with Gasteiger partial charge in [0, 0.05) is 24.2 Å². The predicted molar refractivity (Wildman–Crippen MR) is 61.7 cm³/mol. The number of nitrogens with zero attached hydrogens (tertiary/aromatic N) is 3. The van der Waals surface area contributed by atoms with E-state index in [0.717, 1.165) is 16.8 Å². The van der Waals surface area contributed by atoms with E-state index in [9.17, 15) is 0 Å². The summed E-state index contributed by atoms with van der Waals surface area (Å²) >= 11 is 0. The molecule has 3 aromatic heterocycles. The van der Waals surface area contributed by atoms with Crippen LogP contribution in [0.5, 0.6) is 0 Å². The molecular formula is C11H9N5O. The van der Waals surface area contributed by atoms with Crippen molar-refractivity contribution in [3.8, 4) is 22.6 Å². The molecule has 0 radical (unpaired) electrons. The molecule has 6 nitrogen and oxygen atoms in total. The molecule has 3 N–H and O–H groups in total. The number of nitrogen functional groups attached to an aromatic ring is 1. The minimum atomic E-state index is 0.336. The van der Waals surface area contributed by atoms with E-state index in [1.165, 1.54) is 0 Å². The number of anilines is 1. The molecule has 3 aromatic rings. The van der Waals surface area contributed by atoms with Crippen molar-refractivity contribution in [2.45, 2.75) is 0 Å². The molecule has 3 heterocycles. The van der Waals surface area contributed by atoms with Crippen molar-refractivity contribution in [1.82, 2.24) is 20.3 Å². The van der Waals surface area contributed by atoms with Crippen LogP contribution >= 0.6 is 0 Å². The number of hydrogen-bond acceptors (Lipinski definition) is 5. The second-order valence-corrected chi connectivity index (χ2v) is 3.48. The second-order valence-electron chi connectivity index (χ2n) is 3.48. The van der Waals surface area contributed by atoms with E-state index in [1.807, 2.05) is 12.1 Å². The Hall–Kier alpha value is -2.63. The highest BCUT2D eigenvalue weighted by molar-refractivity contribution is 5.84. The average molecular weight is 227 g/mol. The monoisotopic (exact) mass is 227 g/mol. The van der Waals surface area contributed by atoms with E-state index < -0.39 is 0 Å². The first-order chi connectivity index (χ1) is 8.36. The van der Waals surface area contributed by atoms with Crippen molar-refractivity contribution in [2.75, 3.05) is 5.73 Å². The Morgan fingerprint density at radius 3 is 2.88 bits per heavy atom. The van der Waals surface area contributed by atoms with Crippen LogP contribution in [0, 0.1) is 0 Å². The van der Waals surface area contributed by atoms with Crippen LogP contribution in [0.3, 0.4) is 0 Å². The summed E-state index contributed by atoms with van der Waals surface area (Å²) in [6.07, 6.45) is 5.05. The molecule has 0 fully saturated rings. The molecule has 17 heavy (non-hydrogen) atoms. The first-order valence-corrected chi connectivity index (χ1v) is 5.01. The summed E-state index contributed by atoms with van der Waals surface area (Å²) in [5.41, 5.74) is 8.12. The standard InChI is InChI=1S/C11H9N5O/c12-11-9(7-2-1-4-13-6-7)10(17-16-11)8-3-5-14-15-8/h1-6H,(H2,12,16)(H,14,15). The van der Waals surface area contributed by atoms with Crippen LogP contribution < -0.4 is 5.73 Å². The fraction of sp³-hybridized carbons (Fsp3) is 0. The lowest BCUT2D eigenvalue weighted by atomic mass is 10.1. The Labute approximate surface area is 96.5 Å². The Balaban J connectivity index is 2.20. The normalized spacial score (nSPS) is 10.6. The summed E-state index contributed by atoms with van der Waals surface area (Å²) in [5, 5.41) is 10.5. The molecule has 0 aliphatic carbocycles. The van der Waals surface area contributed by atoms with E-state index in [-0.39, 0.29) is 0 Å². The molecule has 0 spiro atoms. The number of H-pyrrole nitrogens is 1. The third-order valence-electron chi connectivity index (χ3n) is 2.41. The topological polar surface area (TPSA) is 93.6 Å². The maximum atomic E-state index is 5.81. The van der Waals surface area contributed by atoms with Gasteiger partial charge in [-0.25, -0.2) is 0 Å². The number of rotatable bonds is 2. The summed E-state index contributed by atoms with van der Waals surface area (Å²) in [6.45, 7) is 0. The highest BCUT2D eigenvalue weighted by atomic mass is 16.5. The van der Waals surface area contributed by atoms with Crippen LogP contribution in [-0.4, -0.2) is 20.3 Å². The summed E-state index contributed by atoms with van der Waals surface area (Å²) < 4.78 is 5.22. The molecule has 0 saturated heterocycles. The Bertz CT molecular complexity index is 615. The largest absolute Gasteiger partial charge is 0.380 e.